The third kappa shape index (κ3) is 2.29. The molecule has 0 spiro atoms. The summed E-state index contributed by atoms with van der Waals surface area (Å²) >= 11 is 0.427. The standard InChI is InChI=1S/C7H8N2Se/c1-2-6-10-7-4-3-5-8-9-7/h2-5H,1,6H2. The zero-order chi connectivity index (χ0) is 7.23. The fraction of sp³-hybridized carbons (Fsp3) is 0.143. The fourth-order valence-corrected chi connectivity index (χ4v) is 1.70. The normalized spacial score (nSPS) is 9.20. The second-order valence-corrected chi connectivity index (χ2v) is 3.84. The van der Waals surface area contributed by atoms with E-state index in [9.17, 15) is 0 Å². The Morgan fingerprint density at radius 1 is 1.70 bits per heavy atom. The van der Waals surface area contributed by atoms with Crippen LogP contribution in [0, 0.1) is 0 Å². The van der Waals surface area contributed by atoms with E-state index in [4.69, 9.17) is 0 Å². The molecule has 0 fully saturated rings. The van der Waals surface area contributed by atoms with Crippen molar-refractivity contribution in [2.24, 2.45) is 0 Å². The van der Waals surface area contributed by atoms with Crippen LogP contribution in [0.3, 0.4) is 0 Å². The molecule has 0 amide bonds. The van der Waals surface area contributed by atoms with Crippen LogP contribution in [0.25, 0.3) is 0 Å². The topological polar surface area (TPSA) is 25.8 Å². The van der Waals surface area contributed by atoms with Crippen LogP contribution in [0.5, 0.6) is 0 Å². The Labute approximate surface area is 66.5 Å². The Kier molecular flexibility index (Phi) is 3.13. The van der Waals surface area contributed by atoms with Gasteiger partial charge in [0, 0.05) is 0 Å². The van der Waals surface area contributed by atoms with Gasteiger partial charge in [-0.25, -0.2) is 0 Å². The SMILES string of the molecule is C=CC[Se]c1cccnn1. The zero-order valence-corrected chi connectivity index (χ0v) is 7.24. The van der Waals surface area contributed by atoms with Crippen LogP contribution < -0.4 is 4.59 Å². The summed E-state index contributed by atoms with van der Waals surface area (Å²) in [7, 11) is 0. The van der Waals surface area contributed by atoms with Crippen molar-refractivity contribution in [3.05, 3.63) is 31.0 Å². The third-order valence-corrected chi connectivity index (χ3v) is 2.82. The fourth-order valence-electron chi connectivity index (χ4n) is 0.509. The van der Waals surface area contributed by atoms with Gasteiger partial charge in [-0.2, -0.15) is 0 Å². The Bertz CT molecular complexity index is 198. The van der Waals surface area contributed by atoms with Gasteiger partial charge in [0.2, 0.25) is 0 Å². The third-order valence-electron chi connectivity index (χ3n) is 0.897. The van der Waals surface area contributed by atoms with E-state index in [0.717, 1.165) is 9.91 Å². The van der Waals surface area contributed by atoms with Gasteiger partial charge in [0.1, 0.15) is 0 Å². The van der Waals surface area contributed by atoms with E-state index in [1.165, 1.54) is 0 Å². The molecule has 0 saturated heterocycles. The van der Waals surface area contributed by atoms with E-state index < -0.39 is 0 Å². The van der Waals surface area contributed by atoms with Gasteiger partial charge >= 0.3 is 66.1 Å². The van der Waals surface area contributed by atoms with Crippen molar-refractivity contribution in [2.45, 2.75) is 5.32 Å². The summed E-state index contributed by atoms with van der Waals surface area (Å²) in [6.45, 7) is 3.64. The van der Waals surface area contributed by atoms with Crippen molar-refractivity contribution in [2.75, 3.05) is 0 Å². The summed E-state index contributed by atoms with van der Waals surface area (Å²) in [6.07, 6.45) is 3.60. The van der Waals surface area contributed by atoms with Gasteiger partial charge in [-0.1, -0.05) is 0 Å². The number of aromatic nitrogens is 2. The molecule has 0 atom stereocenters. The van der Waals surface area contributed by atoms with Crippen molar-refractivity contribution >= 4 is 19.5 Å². The van der Waals surface area contributed by atoms with Crippen molar-refractivity contribution in [1.29, 1.82) is 0 Å². The molecule has 0 aromatic carbocycles. The molecule has 1 aromatic rings. The molecule has 0 N–H and O–H groups in total. The van der Waals surface area contributed by atoms with Gasteiger partial charge in [0.15, 0.2) is 0 Å². The number of hydrogen-bond acceptors (Lipinski definition) is 2. The summed E-state index contributed by atoms with van der Waals surface area (Å²) in [5, 5.41) is 8.75. The first kappa shape index (κ1) is 7.45. The molecule has 3 heteroatoms. The van der Waals surface area contributed by atoms with Gasteiger partial charge in [-0.15, -0.1) is 0 Å². The zero-order valence-electron chi connectivity index (χ0n) is 5.53. The quantitative estimate of drug-likeness (QED) is 0.520. The maximum absolute atomic E-state index is 3.95. The van der Waals surface area contributed by atoms with Crippen LogP contribution in [0.4, 0.5) is 0 Å². The van der Waals surface area contributed by atoms with E-state index in [1.807, 2.05) is 18.2 Å². The van der Waals surface area contributed by atoms with Crippen LogP contribution >= 0.6 is 0 Å². The predicted molar refractivity (Wildman–Crippen MR) is 42.4 cm³/mol. The van der Waals surface area contributed by atoms with E-state index in [0.29, 0.717) is 15.0 Å². The van der Waals surface area contributed by atoms with Crippen LogP contribution in [0.2, 0.25) is 5.32 Å². The van der Waals surface area contributed by atoms with E-state index in [2.05, 4.69) is 16.8 Å². The van der Waals surface area contributed by atoms with Gasteiger partial charge in [0.25, 0.3) is 0 Å². The molecule has 52 valence electrons. The Balaban J connectivity index is 2.50. The van der Waals surface area contributed by atoms with Crippen molar-refractivity contribution < 1.29 is 0 Å². The average molecular weight is 199 g/mol. The summed E-state index contributed by atoms with van der Waals surface area (Å²) < 4.78 is 1.09. The average Bonchev–Trinajstić information content (AvgIpc) is 2.03. The molecular weight excluding hydrogens is 191 g/mol. The van der Waals surface area contributed by atoms with Gasteiger partial charge in [-0.05, 0) is 0 Å². The molecule has 1 heterocycles. The number of rotatable bonds is 3. The molecule has 0 aliphatic rings. The number of hydrogen-bond donors (Lipinski definition) is 0. The molecule has 10 heavy (non-hydrogen) atoms. The van der Waals surface area contributed by atoms with Gasteiger partial charge < -0.3 is 0 Å². The van der Waals surface area contributed by atoms with Crippen molar-refractivity contribution in [3.8, 4) is 0 Å². The summed E-state index contributed by atoms with van der Waals surface area (Å²) in [5.41, 5.74) is 0. The molecule has 0 aliphatic heterocycles. The van der Waals surface area contributed by atoms with Crippen LogP contribution in [0.1, 0.15) is 0 Å². The summed E-state index contributed by atoms with van der Waals surface area (Å²) in [5.74, 6) is 0. The van der Waals surface area contributed by atoms with Crippen molar-refractivity contribution in [3.63, 3.8) is 0 Å². The Morgan fingerprint density at radius 2 is 2.60 bits per heavy atom. The maximum atomic E-state index is 3.95. The Morgan fingerprint density at radius 3 is 3.20 bits per heavy atom. The van der Waals surface area contributed by atoms with Crippen LogP contribution in [0.15, 0.2) is 31.0 Å². The second kappa shape index (κ2) is 4.20. The van der Waals surface area contributed by atoms with E-state index in [-0.39, 0.29) is 0 Å². The second-order valence-electron chi connectivity index (χ2n) is 1.66. The molecule has 1 rings (SSSR count). The van der Waals surface area contributed by atoms with E-state index >= 15 is 0 Å². The molecule has 0 saturated carbocycles. The van der Waals surface area contributed by atoms with Gasteiger partial charge in [0.05, 0.1) is 0 Å². The summed E-state index contributed by atoms with van der Waals surface area (Å²) in [4.78, 5) is 0. The Hall–Kier alpha value is -0.661. The summed E-state index contributed by atoms with van der Waals surface area (Å²) in [6, 6.07) is 3.91. The first-order valence-electron chi connectivity index (χ1n) is 2.95. The monoisotopic (exact) mass is 200 g/mol. The predicted octanol–water partition coefficient (Wildman–Crippen LogP) is 0.410. The first-order valence-corrected chi connectivity index (χ1v) is 5.01. The molecule has 2 nitrogen and oxygen atoms in total. The van der Waals surface area contributed by atoms with Crippen LogP contribution in [-0.2, 0) is 0 Å². The molecule has 0 radical (unpaired) electrons. The van der Waals surface area contributed by atoms with E-state index in [1.54, 1.807) is 6.20 Å². The number of allylic oxidation sites excluding steroid dienone is 1. The first-order chi connectivity index (χ1) is 4.93. The van der Waals surface area contributed by atoms with Crippen molar-refractivity contribution in [1.82, 2.24) is 10.2 Å². The molecule has 1 aromatic heterocycles. The molecule has 0 unspecified atom stereocenters. The number of nitrogens with zero attached hydrogens (tertiary/aromatic N) is 2. The van der Waals surface area contributed by atoms with Crippen LogP contribution in [-0.4, -0.2) is 25.2 Å². The molecular formula is C7H8N2Se. The minimum absolute atomic E-state index is 0.427. The minimum atomic E-state index is 0.427. The molecule has 0 bridgehead atoms. The van der Waals surface area contributed by atoms with Gasteiger partial charge in [-0.3, -0.25) is 0 Å². The molecule has 0 aliphatic carbocycles.